The zero-order valence-electron chi connectivity index (χ0n) is 20.4. The summed E-state index contributed by atoms with van der Waals surface area (Å²) in [5.41, 5.74) is 3.08. The number of rotatable bonds is 6. The maximum atomic E-state index is 6.13. The highest BCUT2D eigenvalue weighted by Gasteiger charge is 2.18. The number of nitrogens with one attached hydrogen (secondary N) is 2. The molecule has 0 radical (unpaired) electrons. The highest BCUT2D eigenvalue weighted by molar-refractivity contribution is 14.1. The first-order valence-corrected chi connectivity index (χ1v) is 13.2. The number of ether oxygens (including phenoxy) is 1. The van der Waals surface area contributed by atoms with Gasteiger partial charge in [0.25, 0.3) is 0 Å². The molecular weight excluding hydrogens is 589 g/mol. The van der Waals surface area contributed by atoms with Gasteiger partial charge in [-0.25, -0.2) is 15.0 Å². The molecule has 2 aromatic carbocycles. The Hall–Kier alpha value is -4.30. The lowest BCUT2D eigenvalue weighted by Gasteiger charge is -2.12. The van der Waals surface area contributed by atoms with Gasteiger partial charge in [-0.1, -0.05) is 18.1 Å². The van der Waals surface area contributed by atoms with Crippen molar-refractivity contribution in [3.63, 3.8) is 0 Å². The largest absolute Gasteiger partial charge is 0.438 e. The van der Waals surface area contributed by atoms with Crippen LogP contribution in [0, 0.1) is 21.3 Å². The molecule has 0 aliphatic heterocycles. The third-order valence-corrected chi connectivity index (χ3v) is 6.88. The summed E-state index contributed by atoms with van der Waals surface area (Å²) in [4.78, 5) is 13.1. The van der Waals surface area contributed by atoms with Gasteiger partial charge in [-0.05, 0) is 89.9 Å². The number of aromatic nitrogens is 5. The van der Waals surface area contributed by atoms with Gasteiger partial charge in [-0.3, -0.25) is 0 Å². The number of fused-ring (bicyclic) bond motifs is 1. The van der Waals surface area contributed by atoms with Crippen LogP contribution in [0.5, 0.6) is 11.6 Å². The lowest BCUT2D eigenvalue weighted by Crippen LogP contribution is -2.01. The molecule has 1 aliphatic carbocycles. The van der Waals surface area contributed by atoms with Crippen molar-refractivity contribution in [2.75, 3.05) is 17.7 Å². The van der Waals surface area contributed by atoms with E-state index in [1.54, 1.807) is 19.4 Å². The molecule has 9 heteroatoms. The molecule has 6 rings (SSSR count). The van der Waals surface area contributed by atoms with E-state index in [2.05, 4.69) is 76.3 Å². The summed E-state index contributed by atoms with van der Waals surface area (Å²) in [6.07, 6.45) is 5.74. The van der Waals surface area contributed by atoms with Gasteiger partial charge in [-0.15, -0.1) is 10.2 Å². The Kier molecular flexibility index (Phi) is 6.71. The molecule has 0 amide bonds. The Morgan fingerprint density at radius 3 is 2.63 bits per heavy atom. The minimum Gasteiger partial charge on any atom is -0.438 e. The molecule has 186 valence electrons. The molecule has 1 fully saturated rings. The average molecular weight is 611 g/mol. The lowest BCUT2D eigenvalue weighted by molar-refractivity contribution is 0.465. The molecule has 0 unspecified atom stereocenters. The summed E-state index contributed by atoms with van der Waals surface area (Å²) in [6.45, 7) is 0. The standard InChI is InChI=1S/C29H22IN7O/c1-31-29-33-17-15-24(35-29)21-5-3-16-32-28(21)38-20-12-10-19(11-13-20)34-27-22-4-2-6-23(30)26(22)25(36-37-27)14-9-18-7-8-18/h2-6,10-13,15-18H,7-8H2,1H3,(H,34,37)(H,31,33,35). The van der Waals surface area contributed by atoms with Crippen LogP contribution in [0.1, 0.15) is 18.5 Å². The van der Waals surface area contributed by atoms with Crippen molar-refractivity contribution >= 4 is 50.8 Å². The van der Waals surface area contributed by atoms with Crippen molar-refractivity contribution in [1.82, 2.24) is 25.1 Å². The molecular formula is C29H22IN7O. The molecule has 0 bridgehead atoms. The number of anilines is 3. The normalized spacial score (nSPS) is 12.5. The van der Waals surface area contributed by atoms with E-state index in [4.69, 9.17) is 4.74 Å². The Morgan fingerprint density at radius 2 is 1.82 bits per heavy atom. The molecule has 1 saturated carbocycles. The highest BCUT2D eigenvalue weighted by atomic mass is 127. The summed E-state index contributed by atoms with van der Waals surface area (Å²) in [5.74, 6) is 9.37. The molecule has 0 spiro atoms. The van der Waals surface area contributed by atoms with Gasteiger partial charge in [0.15, 0.2) is 5.82 Å². The first kappa shape index (κ1) is 24.1. The van der Waals surface area contributed by atoms with E-state index >= 15 is 0 Å². The van der Waals surface area contributed by atoms with E-state index in [-0.39, 0.29) is 0 Å². The second-order valence-electron chi connectivity index (χ2n) is 8.73. The van der Waals surface area contributed by atoms with Gasteiger partial charge in [-0.2, -0.15) is 0 Å². The predicted molar refractivity (Wildman–Crippen MR) is 156 cm³/mol. The Bertz CT molecular complexity index is 1690. The van der Waals surface area contributed by atoms with Gasteiger partial charge in [0.05, 0.1) is 11.3 Å². The second-order valence-corrected chi connectivity index (χ2v) is 9.89. The zero-order valence-corrected chi connectivity index (χ0v) is 22.6. The van der Waals surface area contributed by atoms with Crippen LogP contribution in [0.15, 0.2) is 73.1 Å². The smallest absolute Gasteiger partial charge is 0.228 e. The number of pyridine rings is 1. The van der Waals surface area contributed by atoms with Gasteiger partial charge >= 0.3 is 0 Å². The third-order valence-electron chi connectivity index (χ3n) is 5.99. The molecule has 8 nitrogen and oxygen atoms in total. The van der Waals surface area contributed by atoms with Gasteiger partial charge in [0, 0.05) is 45.4 Å². The van der Waals surface area contributed by atoms with Crippen molar-refractivity contribution in [3.8, 4) is 34.7 Å². The molecule has 3 heterocycles. The fourth-order valence-electron chi connectivity index (χ4n) is 3.89. The molecule has 1 aliphatic rings. The maximum Gasteiger partial charge on any atom is 0.228 e. The SMILES string of the molecule is CNc1nccc(-c2cccnc2Oc2ccc(Nc3nnc(C#CC4CC4)c4c(I)cccc34)cc2)n1. The topological polar surface area (TPSA) is 97.7 Å². The summed E-state index contributed by atoms with van der Waals surface area (Å²) in [7, 11) is 1.78. The maximum absolute atomic E-state index is 6.13. The van der Waals surface area contributed by atoms with E-state index in [1.807, 2.05) is 54.6 Å². The van der Waals surface area contributed by atoms with Crippen LogP contribution < -0.4 is 15.4 Å². The summed E-state index contributed by atoms with van der Waals surface area (Å²) in [5, 5.41) is 17.3. The van der Waals surface area contributed by atoms with Crippen LogP contribution >= 0.6 is 22.6 Å². The minimum atomic E-state index is 0.461. The van der Waals surface area contributed by atoms with E-state index in [0.717, 1.165) is 37.0 Å². The lowest BCUT2D eigenvalue weighted by atomic mass is 10.1. The molecule has 3 aromatic heterocycles. The number of benzene rings is 2. The Morgan fingerprint density at radius 1 is 0.947 bits per heavy atom. The van der Waals surface area contributed by atoms with Crippen LogP contribution in [0.3, 0.4) is 0 Å². The van der Waals surface area contributed by atoms with Crippen LogP contribution in [0.4, 0.5) is 17.5 Å². The van der Waals surface area contributed by atoms with Crippen LogP contribution in [0.25, 0.3) is 22.0 Å². The van der Waals surface area contributed by atoms with Gasteiger partial charge in [0.1, 0.15) is 11.4 Å². The van der Waals surface area contributed by atoms with Crippen molar-refractivity contribution < 1.29 is 4.74 Å². The van der Waals surface area contributed by atoms with Gasteiger partial charge < -0.3 is 15.4 Å². The Labute approximate surface area is 233 Å². The van der Waals surface area contributed by atoms with E-state index in [0.29, 0.717) is 29.3 Å². The average Bonchev–Trinajstić information content (AvgIpc) is 3.79. The molecule has 5 aromatic rings. The third kappa shape index (κ3) is 5.21. The molecule has 38 heavy (non-hydrogen) atoms. The zero-order chi connectivity index (χ0) is 25.9. The van der Waals surface area contributed by atoms with Crippen LogP contribution in [0.2, 0.25) is 0 Å². The van der Waals surface area contributed by atoms with E-state index < -0.39 is 0 Å². The quantitative estimate of drug-likeness (QED) is 0.168. The Balaban J connectivity index is 1.24. The van der Waals surface area contributed by atoms with E-state index in [1.165, 1.54) is 12.8 Å². The summed E-state index contributed by atoms with van der Waals surface area (Å²) < 4.78 is 7.23. The van der Waals surface area contributed by atoms with Crippen LogP contribution in [-0.4, -0.2) is 32.2 Å². The van der Waals surface area contributed by atoms with Crippen molar-refractivity contribution in [2.24, 2.45) is 5.92 Å². The fraction of sp³-hybridized carbons (Fsp3) is 0.138. The van der Waals surface area contributed by atoms with Crippen molar-refractivity contribution in [1.29, 1.82) is 0 Å². The predicted octanol–water partition coefficient (Wildman–Crippen LogP) is 6.43. The molecule has 0 saturated heterocycles. The molecule has 0 atom stereocenters. The summed E-state index contributed by atoms with van der Waals surface area (Å²) >= 11 is 2.33. The second kappa shape index (κ2) is 10.6. The minimum absolute atomic E-state index is 0.461. The number of hydrogen-bond donors (Lipinski definition) is 2. The number of hydrogen-bond acceptors (Lipinski definition) is 8. The molecule has 2 N–H and O–H groups in total. The number of halogens is 1. The van der Waals surface area contributed by atoms with Crippen LogP contribution in [-0.2, 0) is 0 Å². The van der Waals surface area contributed by atoms with Crippen molar-refractivity contribution in [3.05, 3.63) is 82.3 Å². The van der Waals surface area contributed by atoms with Crippen molar-refractivity contribution in [2.45, 2.75) is 12.8 Å². The van der Waals surface area contributed by atoms with E-state index in [9.17, 15) is 0 Å². The highest BCUT2D eigenvalue weighted by Crippen LogP contribution is 2.33. The first-order valence-electron chi connectivity index (χ1n) is 12.2. The number of nitrogens with zero attached hydrogens (tertiary/aromatic N) is 5. The monoisotopic (exact) mass is 611 g/mol. The summed E-state index contributed by atoms with van der Waals surface area (Å²) in [6, 6.07) is 19.4. The fourth-order valence-corrected chi connectivity index (χ4v) is 4.65. The van der Waals surface area contributed by atoms with Gasteiger partial charge in [0.2, 0.25) is 11.8 Å². The first-order chi connectivity index (χ1) is 18.7.